The van der Waals surface area contributed by atoms with Gasteiger partial charge in [0.15, 0.2) is 0 Å². The maximum atomic E-state index is 11.0. The zero-order chi connectivity index (χ0) is 14.1. The minimum atomic E-state index is -0.903. The van der Waals surface area contributed by atoms with Gasteiger partial charge in [0.05, 0.1) is 21.3 Å². The average Bonchev–Trinajstić information content (AvgIpc) is 2.85. The monoisotopic (exact) mass is 284 g/mol. The highest BCUT2D eigenvalue weighted by Crippen LogP contribution is 2.25. The van der Waals surface area contributed by atoms with Gasteiger partial charge in [0.1, 0.15) is 0 Å². The van der Waals surface area contributed by atoms with Gasteiger partial charge >= 0.3 is 5.97 Å². The first-order valence-electron chi connectivity index (χ1n) is 6.08. The van der Waals surface area contributed by atoms with E-state index in [1.54, 1.807) is 30.4 Å². The number of carboxylic acid groups (broad SMARTS) is 1. The van der Waals surface area contributed by atoms with Crippen LogP contribution in [-0.4, -0.2) is 16.1 Å². The van der Waals surface area contributed by atoms with Crippen LogP contribution in [0.3, 0.4) is 0 Å². The van der Waals surface area contributed by atoms with Crippen LogP contribution in [0.1, 0.15) is 15.9 Å². The Hall–Kier alpha value is -2.40. The smallest absolute Gasteiger partial charge is 0.335 e. The first-order chi connectivity index (χ1) is 9.63. The molecule has 0 spiro atoms. The summed E-state index contributed by atoms with van der Waals surface area (Å²) in [6.07, 6.45) is 0. The van der Waals surface area contributed by atoms with Crippen LogP contribution >= 0.6 is 11.3 Å². The lowest BCUT2D eigenvalue weighted by molar-refractivity contribution is 0.0696. The Kier molecular flexibility index (Phi) is 3.12. The highest BCUT2D eigenvalue weighted by atomic mass is 32.1. The van der Waals surface area contributed by atoms with Crippen LogP contribution < -0.4 is 5.32 Å². The Morgan fingerprint density at radius 2 is 1.95 bits per heavy atom. The van der Waals surface area contributed by atoms with E-state index in [0.29, 0.717) is 5.56 Å². The lowest BCUT2D eigenvalue weighted by atomic mass is 10.1. The van der Waals surface area contributed by atoms with Gasteiger partial charge in [-0.25, -0.2) is 9.78 Å². The Balaban J connectivity index is 1.90. The number of nitrogens with zero attached hydrogens (tertiary/aromatic N) is 1. The van der Waals surface area contributed by atoms with Gasteiger partial charge in [-0.15, -0.1) is 11.3 Å². The molecule has 1 aromatic heterocycles. The second-order valence-corrected chi connectivity index (χ2v) is 5.38. The zero-order valence-corrected chi connectivity index (χ0v) is 11.6. The number of aryl methyl sites for hydroxylation is 1. The van der Waals surface area contributed by atoms with E-state index in [1.165, 1.54) is 0 Å². The van der Waals surface area contributed by atoms with Gasteiger partial charge in [0, 0.05) is 11.4 Å². The Morgan fingerprint density at radius 1 is 1.20 bits per heavy atom. The predicted octanol–water partition coefficient (Wildman–Crippen LogP) is 4.05. The van der Waals surface area contributed by atoms with Crippen molar-refractivity contribution in [3.8, 4) is 0 Å². The number of aromatic carboxylic acids is 1. The van der Waals surface area contributed by atoms with Crippen LogP contribution in [0.15, 0.2) is 41.9 Å². The van der Waals surface area contributed by atoms with Crippen molar-refractivity contribution < 1.29 is 9.90 Å². The molecule has 2 N–H and O–H groups in total. The number of anilines is 2. The predicted molar refractivity (Wildman–Crippen MR) is 81.0 cm³/mol. The maximum Gasteiger partial charge on any atom is 0.335 e. The highest BCUT2D eigenvalue weighted by molar-refractivity contribution is 7.16. The molecule has 5 heteroatoms. The fourth-order valence-electron chi connectivity index (χ4n) is 2.08. The van der Waals surface area contributed by atoms with Gasteiger partial charge in [-0.2, -0.15) is 0 Å². The summed E-state index contributed by atoms with van der Waals surface area (Å²) < 4.78 is 1.12. The number of nitrogens with one attached hydrogen (secondary N) is 1. The number of hydrogen-bond acceptors (Lipinski definition) is 4. The van der Waals surface area contributed by atoms with E-state index in [1.807, 2.05) is 29.8 Å². The summed E-state index contributed by atoms with van der Waals surface area (Å²) in [5.74, 6) is -0.903. The summed E-state index contributed by atoms with van der Waals surface area (Å²) in [5.41, 5.74) is 5.70. The fraction of sp³-hybridized carbons (Fsp3) is 0.0667. The molecule has 0 aliphatic heterocycles. The van der Waals surface area contributed by atoms with Crippen molar-refractivity contribution in [1.29, 1.82) is 0 Å². The molecular formula is C15H12N2O2S. The normalized spacial score (nSPS) is 10.7. The molecule has 0 saturated carbocycles. The first-order valence-corrected chi connectivity index (χ1v) is 6.96. The molecule has 0 amide bonds. The summed E-state index contributed by atoms with van der Waals surface area (Å²) in [7, 11) is 0. The van der Waals surface area contributed by atoms with Crippen molar-refractivity contribution in [2.24, 2.45) is 0 Å². The minimum absolute atomic E-state index is 0.327. The standard InChI is InChI=1S/C15H12N2O2S/c1-9-6-10(2-4-12(9)15(18)19)17-11-3-5-13-14(7-11)20-8-16-13/h2-8,17H,1H3,(H,18,19). The van der Waals surface area contributed by atoms with Crippen LogP contribution in [0.4, 0.5) is 11.4 Å². The van der Waals surface area contributed by atoms with E-state index in [4.69, 9.17) is 5.11 Å². The zero-order valence-electron chi connectivity index (χ0n) is 10.8. The average molecular weight is 284 g/mol. The van der Waals surface area contributed by atoms with E-state index >= 15 is 0 Å². The van der Waals surface area contributed by atoms with Crippen LogP contribution in [0.25, 0.3) is 10.2 Å². The molecule has 2 aromatic carbocycles. The molecule has 0 unspecified atom stereocenters. The molecule has 0 aliphatic rings. The van der Waals surface area contributed by atoms with Gasteiger partial charge in [0.25, 0.3) is 0 Å². The number of fused-ring (bicyclic) bond motifs is 1. The van der Waals surface area contributed by atoms with Gasteiger partial charge in [0.2, 0.25) is 0 Å². The second kappa shape index (κ2) is 4.94. The molecular weight excluding hydrogens is 272 g/mol. The lowest BCUT2D eigenvalue weighted by Gasteiger charge is -2.08. The molecule has 1 heterocycles. The Bertz CT molecular complexity index is 795. The van der Waals surface area contributed by atoms with Crippen molar-refractivity contribution in [2.45, 2.75) is 6.92 Å². The number of hydrogen-bond donors (Lipinski definition) is 2. The summed E-state index contributed by atoms with van der Waals surface area (Å²) in [4.78, 5) is 15.2. The number of thiazole rings is 1. The van der Waals surface area contributed by atoms with Crippen LogP contribution in [-0.2, 0) is 0 Å². The fourth-order valence-corrected chi connectivity index (χ4v) is 2.80. The summed E-state index contributed by atoms with van der Waals surface area (Å²) >= 11 is 1.59. The Morgan fingerprint density at radius 3 is 2.70 bits per heavy atom. The molecule has 0 fully saturated rings. The van der Waals surface area contributed by atoms with Gasteiger partial charge < -0.3 is 10.4 Å². The van der Waals surface area contributed by atoms with Crippen LogP contribution in [0.2, 0.25) is 0 Å². The van der Waals surface area contributed by atoms with Gasteiger partial charge in [-0.05, 0) is 48.9 Å². The van der Waals surface area contributed by atoms with Crippen LogP contribution in [0.5, 0.6) is 0 Å². The first kappa shape index (κ1) is 12.6. The molecule has 100 valence electrons. The molecule has 3 rings (SSSR count). The molecule has 3 aromatic rings. The number of rotatable bonds is 3. The van der Waals surface area contributed by atoms with E-state index in [-0.39, 0.29) is 0 Å². The van der Waals surface area contributed by atoms with E-state index in [0.717, 1.165) is 27.2 Å². The van der Waals surface area contributed by atoms with E-state index in [9.17, 15) is 4.79 Å². The van der Waals surface area contributed by atoms with Crippen LogP contribution in [0, 0.1) is 6.92 Å². The minimum Gasteiger partial charge on any atom is -0.478 e. The topological polar surface area (TPSA) is 62.2 Å². The van der Waals surface area contributed by atoms with Gasteiger partial charge in [-0.1, -0.05) is 0 Å². The lowest BCUT2D eigenvalue weighted by Crippen LogP contribution is -2.00. The van der Waals surface area contributed by atoms with Crippen molar-refractivity contribution in [2.75, 3.05) is 5.32 Å². The molecule has 0 saturated heterocycles. The van der Waals surface area contributed by atoms with Crippen molar-refractivity contribution >= 4 is 38.9 Å². The number of aromatic nitrogens is 1. The third kappa shape index (κ3) is 2.35. The summed E-state index contributed by atoms with van der Waals surface area (Å²) in [6, 6.07) is 11.2. The van der Waals surface area contributed by atoms with Gasteiger partial charge in [-0.3, -0.25) is 0 Å². The van der Waals surface area contributed by atoms with E-state index < -0.39 is 5.97 Å². The second-order valence-electron chi connectivity index (χ2n) is 4.49. The van der Waals surface area contributed by atoms with E-state index in [2.05, 4.69) is 10.3 Å². The summed E-state index contributed by atoms with van der Waals surface area (Å²) in [5, 5.41) is 12.3. The SMILES string of the molecule is Cc1cc(Nc2ccc3ncsc3c2)ccc1C(=O)O. The maximum absolute atomic E-state index is 11.0. The molecule has 0 radical (unpaired) electrons. The Labute approximate surface area is 119 Å². The summed E-state index contributed by atoms with van der Waals surface area (Å²) in [6.45, 7) is 1.79. The third-order valence-electron chi connectivity index (χ3n) is 3.08. The largest absolute Gasteiger partial charge is 0.478 e. The van der Waals surface area contributed by atoms with Crippen molar-refractivity contribution in [3.05, 3.63) is 53.0 Å². The quantitative estimate of drug-likeness (QED) is 0.761. The molecule has 20 heavy (non-hydrogen) atoms. The van der Waals surface area contributed by atoms with Crippen molar-refractivity contribution in [1.82, 2.24) is 4.98 Å². The third-order valence-corrected chi connectivity index (χ3v) is 3.87. The van der Waals surface area contributed by atoms with Crippen molar-refractivity contribution in [3.63, 3.8) is 0 Å². The number of carbonyl (C=O) groups is 1. The molecule has 4 nitrogen and oxygen atoms in total. The highest BCUT2D eigenvalue weighted by Gasteiger charge is 2.07. The molecule has 0 aliphatic carbocycles. The number of carboxylic acids is 1. The number of benzene rings is 2. The molecule has 0 atom stereocenters. The molecule has 0 bridgehead atoms.